The van der Waals surface area contributed by atoms with Gasteiger partial charge in [0.2, 0.25) is 0 Å². The normalized spacial score (nSPS) is 10.1. The quantitative estimate of drug-likeness (QED) is 0.800. The van der Waals surface area contributed by atoms with Crippen LogP contribution in [0, 0.1) is 0 Å². The smallest absolute Gasteiger partial charge is 0.343 e. The summed E-state index contributed by atoms with van der Waals surface area (Å²) in [5.74, 6) is 0.219. The zero-order chi connectivity index (χ0) is 14.4. The number of carbonyl (C=O) groups is 1. The Kier molecular flexibility index (Phi) is 4.84. The fourth-order valence-electron chi connectivity index (χ4n) is 1.55. The van der Waals surface area contributed by atoms with Gasteiger partial charge in [-0.1, -0.05) is 0 Å². The number of esters is 1. The third kappa shape index (κ3) is 3.89. The minimum absolute atomic E-state index is 0.0883. The second kappa shape index (κ2) is 6.81. The zero-order valence-corrected chi connectivity index (χ0v) is 11.9. The van der Waals surface area contributed by atoms with Gasteiger partial charge in [-0.2, -0.15) is 0 Å². The van der Waals surface area contributed by atoms with Crippen molar-refractivity contribution in [2.45, 2.75) is 6.54 Å². The number of benzene rings is 1. The van der Waals surface area contributed by atoms with Crippen LogP contribution in [0.15, 0.2) is 35.7 Å². The van der Waals surface area contributed by atoms with Crippen LogP contribution >= 0.6 is 11.3 Å². The van der Waals surface area contributed by atoms with Crippen molar-refractivity contribution in [3.05, 3.63) is 40.6 Å². The second-order valence-corrected chi connectivity index (χ2v) is 5.04. The van der Waals surface area contributed by atoms with Gasteiger partial charge in [0.15, 0.2) is 6.61 Å². The first-order valence-corrected chi connectivity index (χ1v) is 6.92. The first kappa shape index (κ1) is 14.2. The first-order valence-electron chi connectivity index (χ1n) is 6.04. The lowest BCUT2D eigenvalue weighted by Crippen LogP contribution is -2.12. The number of nitrogens with two attached hydrogens (primary N) is 1. The molecule has 2 aromatic rings. The lowest BCUT2D eigenvalue weighted by Gasteiger charge is -2.08. The third-order valence-electron chi connectivity index (χ3n) is 2.67. The summed E-state index contributed by atoms with van der Waals surface area (Å²) >= 11 is 1.62. The molecule has 20 heavy (non-hydrogen) atoms. The minimum atomic E-state index is -0.402. The van der Waals surface area contributed by atoms with Gasteiger partial charge in [0.25, 0.3) is 0 Å². The molecule has 0 spiro atoms. The molecule has 0 radical (unpaired) electrons. The van der Waals surface area contributed by atoms with E-state index in [2.05, 4.69) is 10.1 Å². The van der Waals surface area contributed by atoms with Gasteiger partial charge >= 0.3 is 5.97 Å². The molecule has 0 aliphatic carbocycles. The van der Waals surface area contributed by atoms with E-state index in [0.29, 0.717) is 12.3 Å². The molecule has 1 aromatic carbocycles. The van der Waals surface area contributed by atoms with Gasteiger partial charge in [0.05, 0.1) is 13.7 Å². The highest BCUT2D eigenvalue weighted by Crippen LogP contribution is 2.21. The lowest BCUT2D eigenvalue weighted by atomic mass is 10.3. The highest BCUT2D eigenvalue weighted by molar-refractivity contribution is 7.10. The number of methoxy groups -OCH3 is 1. The van der Waals surface area contributed by atoms with Crippen LogP contribution in [0.3, 0.4) is 0 Å². The molecule has 0 bridgehead atoms. The van der Waals surface area contributed by atoms with Crippen LogP contribution in [0.2, 0.25) is 0 Å². The van der Waals surface area contributed by atoms with E-state index < -0.39 is 5.97 Å². The largest absolute Gasteiger partial charge is 0.482 e. The molecule has 2 rings (SSSR count). The maximum Gasteiger partial charge on any atom is 0.343 e. The number of nitrogen functional groups attached to an aromatic ring is 1. The first-order chi connectivity index (χ1) is 9.69. The van der Waals surface area contributed by atoms with Gasteiger partial charge in [-0.3, -0.25) is 0 Å². The Morgan fingerprint density at radius 2 is 2.05 bits per heavy atom. The Bertz CT molecular complexity index is 566. The molecule has 3 N–H and O–H groups in total. The summed E-state index contributed by atoms with van der Waals surface area (Å²) in [5, 5.41) is 5.24. The van der Waals surface area contributed by atoms with E-state index in [1.807, 2.05) is 23.6 Å². The van der Waals surface area contributed by atoms with Crippen molar-refractivity contribution in [1.82, 2.24) is 0 Å². The van der Waals surface area contributed by atoms with Gasteiger partial charge in [0.1, 0.15) is 5.75 Å². The summed E-state index contributed by atoms with van der Waals surface area (Å²) in [7, 11) is 1.33. The highest BCUT2D eigenvalue weighted by Gasteiger charge is 2.03. The summed E-state index contributed by atoms with van der Waals surface area (Å²) in [5.41, 5.74) is 7.58. The second-order valence-electron chi connectivity index (χ2n) is 4.04. The summed E-state index contributed by atoms with van der Waals surface area (Å²) in [6.45, 7) is 0.598. The average molecular weight is 292 g/mol. The van der Waals surface area contributed by atoms with Gasteiger partial charge < -0.3 is 20.5 Å². The molecule has 0 fully saturated rings. The molecule has 0 atom stereocenters. The topological polar surface area (TPSA) is 73.6 Å². The van der Waals surface area contributed by atoms with Crippen LogP contribution in [0.1, 0.15) is 4.88 Å². The molecule has 0 amide bonds. The molecular formula is C14H16N2O3S. The molecule has 0 saturated carbocycles. The van der Waals surface area contributed by atoms with Crippen LogP contribution in [0.4, 0.5) is 11.4 Å². The van der Waals surface area contributed by atoms with Crippen molar-refractivity contribution in [3.63, 3.8) is 0 Å². The van der Waals surface area contributed by atoms with E-state index in [1.54, 1.807) is 23.5 Å². The fourth-order valence-corrected chi connectivity index (χ4v) is 2.29. The van der Waals surface area contributed by atoms with E-state index >= 15 is 0 Å². The molecule has 6 heteroatoms. The van der Waals surface area contributed by atoms with Gasteiger partial charge in [0, 0.05) is 16.3 Å². The SMILES string of the molecule is COC(=O)COc1ccc(NCc2sccc2N)cc1. The van der Waals surface area contributed by atoms with Crippen molar-refractivity contribution < 1.29 is 14.3 Å². The predicted octanol–water partition coefficient (Wildman–Crippen LogP) is 2.49. The van der Waals surface area contributed by atoms with E-state index in [0.717, 1.165) is 16.3 Å². The Balaban J connectivity index is 1.85. The van der Waals surface area contributed by atoms with Crippen LogP contribution in [0.25, 0.3) is 0 Å². The maximum atomic E-state index is 10.9. The van der Waals surface area contributed by atoms with E-state index in [9.17, 15) is 4.79 Å². The predicted molar refractivity (Wildman–Crippen MR) is 80.0 cm³/mol. The van der Waals surface area contributed by atoms with Crippen molar-refractivity contribution >= 4 is 28.7 Å². The zero-order valence-electron chi connectivity index (χ0n) is 11.1. The van der Waals surface area contributed by atoms with Gasteiger partial charge in [-0.25, -0.2) is 4.79 Å². The average Bonchev–Trinajstić information content (AvgIpc) is 2.89. The lowest BCUT2D eigenvalue weighted by molar-refractivity contribution is -0.142. The van der Waals surface area contributed by atoms with Crippen LogP contribution < -0.4 is 15.8 Å². The number of ether oxygens (including phenoxy) is 2. The molecule has 0 aliphatic heterocycles. The Hall–Kier alpha value is -2.21. The maximum absolute atomic E-state index is 10.9. The molecular weight excluding hydrogens is 276 g/mol. The summed E-state index contributed by atoms with van der Waals surface area (Å²) in [6.07, 6.45) is 0. The Labute approximate surface area is 121 Å². The van der Waals surface area contributed by atoms with Crippen molar-refractivity contribution in [2.75, 3.05) is 24.8 Å². The van der Waals surface area contributed by atoms with Crippen molar-refractivity contribution in [1.29, 1.82) is 0 Å². The number of rotatable bonds is 6. The van der Waals surface area contributed by atoms with Gasteiger partial charge in [-0.05, 0) is 35.7 Å². The number of hydrogen-bond acceptors (Lipinski definition) is 6. The molecule has 1 aromatic heterocycles. The van der Waals surface area contributed by atoms with Crippen molar-refractivity contribution in [3.8, 4) is 5.75 Å². The molecule has 0 aliphatic rings. The molecule has 5 nitrogen and oxygen atoms in total. The standard InChI is InChI=1S/C14H16N2O3S/c1-18-14(17)9-19-11-4-2-10(3-5-11)16-8-13-12(15)6-7-20-13/h2-7,16H,8-9,15H2,1H3. The minimum Gasteiger partial charge on any atom is -0.482 e. The number of thiophene rings is 1. The summed E-state index contributed by atoms with van der Waals surface area (Å²) in [6, 6.07) is 9.25. The molecule has 106 valence electrons. The Morgan fingerprint density at radius 3 is 2.65 bits per heavy atom. The van der Waals surface area contributed by atoms with Gasteiger partial charge in [-0.15, -0.1) is 11.3 Å². The molecule has 0 saturated heterocycles. The van der Waals surface area contributed by atoms with E-state index in [-0.39, 0.29) is 6.61 Å². The number of hydrogen-bond donors (Lipinski definition) is 2. The summed E-state index contributed by atoms with van der Waals surface area (Å²) < 4.78 is 9.76. The van der Waals surface area contributed by atoms with Crippen LogP contribution in [-0.4, -0.2) is 19.7 Å². The van der Waals surface area contributed by atoms with Crippen LogP contribution in [-0.2, 0) is 16.1 Å². The number of nitrogens with one attached hydrogen (secondary N) is 1. The van der Waals surface area contributed by atoms with E-state index in [4.69, 9.17) is 10.5 Å². The fraction of sp³-hybridized carbons (Fsp3) is 0.214. The van der Waals surface area contributed by atoms with Crippen LogP contribution in [0.5, 0.6) is 5.75 Å². The summed E-state index contributed by atoms with van der Waals surface area (Å²) in [4.78, 5) is 12.1. The number of carbonyl (C=O) groups excluding carboxylic acids is 1. The third-order valence-corrected chi connectivity index (χ3v) is 3.61. The number of anilines is 2. The van der Waals surface area contributed by atoms with E-state index in [1.165, 1.54) is 7.11 Å². The monoisotopic (exact) mass is 292 g/mol. The molecule has 1 heterocycles. The Morgan fingerprint density at radius 1 is 1.30 bits per heavy atom. The molecule has 0 unspecified atom stereocenters. The van der Waals surface area contributed by atoms with Crippen molar-refractivity contribution in [2.24, 2.45) is 0 Å². The highest BCUT2D eigenvalue weighted by atomic mass is 32.1.